The van der Waals surface area contributed by atoms with E-state index < -0.39 is 0 Å². The molecular formula is C19H29N3O3. The largest absolute Gasteiger partial charge is 0.375 e. The summed E-state index contributed by atoms with van der Waals surface area (Å²) in [5.74, 6) is 0.0799. The van der Waals surface area contributed by atoms with Gasteiger partial charge in [0.15, 0.2) is 0 Å². The van der Waals surface area contributed by atoms with Crippen LogP contribution in [0.15, 0.2) is 24.3 Å². The lowest BCUT2D eigenvalue weighted by Gasteiger charge is -2.30. The van der Waals surface area contributed by atoms with E-state index in [4.69, 9.17) is 4.74 Å². The molecule has 0 N–H and O–H groups in total. The molecule has 1 fully saturated rings. The fourth-order valence-corrected chi connectivity index (χ4v) is 3.28. The summed E-state index contributed by atoms with van der Waals surface area (Å²) < 4.78 is 4.93. The highest BCUT2D eigenvalue weighted by Crippen LogP contribution is 2.22. The Kier molecular flexibility index (Phi) is 6.96. The summed E-state index contributed by atoms with van der Waals surface area (Å²) in [7, 11) is 5.38. The van der Waals surface area contributed by atoms with Gasteiger partial charge in [0.05, 0.1) is 0 Å². The van der Waals surface area contributed by atoms with Crippen LogP contribution >= 0.6 is 0 Å². The molecule has 1 aliphatic rings. The first kappa shape index (κ1) is 19.4. The zero-order chi connectivity index (χ0) is 18.4. The molecule has 1 aromatic carbocycles. The van der Waals surface area contributed by atoms with Gasteiger partial charge in [-0.2, -0.15) is 0 Å². The van der Waals surface area contributed by atoms with Gasteiger partial charge >= 0.3 is 0 Å². The van der Waals surface area contributed by atoms with Crippen LogP contribution in [0.2, 0.25) is 0 Å². The molecule has 2 amide bonds. The monoisotopic (exact) mass is 347 g/mol. The highest BCUT2D eigenvalue weighted by atomic mass is 16.5. The minimum absolute atomic E-state index is 0.0142. The Morgan fingerprint density at radius 1 is 1.16 bits per heavy atom. The molecular weight excluding hydrogens is 318 g/mol. The Balaban J connectivity index is 2.10. The lowest BCUT2D eigenvalue weighted by atomic mass is 10.0. The highest BCUT2D eigenvalue weighted by molar-refractivity contribution is 5.83. The number of hydrogen-bond acceptors (Lipinski definition) is 4. The molecule has 0 aromatic heterocycles. The van der Waals surface area contributed by atoms with Crippen LogP contribution in [0.5, 0.6) is 0 Å². The summed E-state index contributed by atoms with van der Waals surface area (Å²) in [4.78, 5) is 30.8. The summed E-state index contributed by atoms with van der Waals surface area (Å²) >= 11 is 0. The van der Waals surface area contributed by atoms with Crippen molar-refractivity contribution in [3.63, 3.8) is 0 Å². The zero-order valence-corrected chi connectivity index (χ0v) is 15.7. The van der Waals surface area contributed by atoms with E-state index in [1.54, 1.807) is 4.90 Å². The lowest BCUT2D eigenvalue weighted by molar-refractivity contribution is -0.138. The van der Waals surface area contributed by atoms with E-state index >= 15 is 0 Å². The standard InChI is InChI=1S/C19H29N3O3/c1-15-7-5-8-16(13-15)18(20(2)3)19(24)22-10-6-9-21(11-12-22)17(23)14-25-4/h5,7-8,13,18H,6,9-12,14H2,1-4H3/t18-/m0/s1. The van der Waals surface area contributed by atoms with E-state index in [9.17, 15) is 9.59 Å². The van der Waals surface area contributed by atoms with E-state index in [1.165, 1.54) is 7.11 Å². The molecule has 0 unspecified atom stereocenters. The van der Waals surface area contributed by atoms with Gasteiger partial charge in [-0.15, -0.1) is 0 Å². The molecule has 1 aromatic rings. The minimum Gasteiger partial charge on any atom is -0.375 e. The van der Waals surface area contributed by atoms with Crippen LogP contribution < -0.4 is 0 Å². The second kappa shape index (κ2) is 8.97. The molecule has 1 saturated heterocycles. The number of ether oxygens (including phenoxy) is 1. The van der Waals surface area contributed by atoms with Crippen LogP contribution in [-0.2, 0) is 14.3 Å². The van der Waals surface area contributed by atoms with Crippen molar-refractivity contribution >= 4 is 11.8 Å². The molecule has 1 aliphatic heterocycles. The maximum atomic E-state index is 13.2. The number of amides is 2. The fourth-order valence-electron chi connectivity index (χ4n) is 3.28. The quantitative estimate of drug-likeness (QED) is 0.806. The maximum Gasteiger partial charge on any atom is 0.248 e. The number of likely N-dealkylation sites (N-methyl/N-ethyl adjacent to an activating group) is 1. The van der Waals surface area contributed by atoms with Gasteiger partial charge < -0.3 is 14.5 Å². The molecule has 0 radical (unpaired) electrons. The predicted molar refractivity (Wildman–Crippen MR) is 97.3 cm³/mol. The summed E-state index contributed by atoms with van der Waals surface area (Å²) in [5.41, 5.74) is 2.15. The number of hydrogen-bond donors (Lipinski definition) is 0. The highest BCUT2D eigenvalue weighted by Gasteiger charge is 2.29. The molecule has 25 heavy (non-hydrogen) atoms. The minimum atomic E-state index is -0.305. The first-order valence-electron chi connectivity index (χ1n) is 8.72. The predicted octanol–water partition coefficient (Wildman–Crippen LogP) is 1.31. The van der Waals surface area contributed by atoms with Crippen molar-refractivity contribution in [2.45, 2.75) is 19.4 Å². The Bertz CT molecular complexity index is 603. The third kappa shape index (κ3) is 5.03. The van der Waals surface area contributed by atoms with Crippen LogP contribution in [0.1, 0.15) is 23.6 Å². The normalized spacial score (nSPS) is 16.7. The third-order valence-corrected chi connectivity index (χ3v) is 4.54. The van der Waals surface area contributed by atoms with Gasteiger partial charge in [0.2, 0.25) is 11.8 Å². The van der Waals surface area contributed by atoms with Gasteiger partial charge in [0, 0.05) is 33.3 Å². The van der Waals surface area contributed by atoms with Gasteiger partial charge in [-0.05, 0) is 33.0 Å². The van der Waals surface area contributed by atoms with Crippen molar-refractivity contribution in [1.82, 2.24) is 14.7 Å². The Morgan fingerprint density at radius 3 is 2.48 bits per heavy atom. The smallest absolute Gasteiger partial charge is 0.248 e. The van der Waals surface area contributed by atoms with Crippen molar-refractivity contribution in [2.24, 2.45) is 0 Å². The van der Waals surface area contributed by atoms with Crippen molar-refractivity contribution in [1.29, 1.82) is 0 Å². The topological polar surface area (TPSA) is 53.1 Å². The lowest BCUT2D eigenvalue weighted by Crippen LogP contribution is -2.43. The molecule has 6 heteroatoms. The van der Waals surface area contributed by atoms with E-state index in [-0.39, 0.29) is 24.5 Å². The average Bonchev–Trinajstić information content (AvgIpc) is 2.81. The molecule has 1 atom stereocenters. The molecule has 1 heterocycles. The molecule has 0 bridgehead atoms. The van der Waals surface area contributed by atoms with E-state index in [0.717, 1.165) is 17.5 Å². The first-order chi connectivity index (χ1) is 11.9. The van der Waals surface area contributed by atoms with E-state index in [1.807, 2.05) is 49.0 Å². The van der Waals surface area contributed by atoms with Gasteiger partial charge in [-0.3, -0.25) is 14.5 Å². The molecule has 6 nitrogen and oxygen atoms in total. The summed E-state index contributed by atoms with van der Waals surface area (Å²) in [6, 6.07) is 7.78. The van der Waals surface area contributed by atoms with Crippen molar-refractivity contribution < 1.29 is 14.3 Å². The number of benzene rings is 1. The summed E-state index contributed by atoms with van der Waals surface area (Å²) in [6.45, 7) is 4.59. The number of methoxy groups -OCH3 is 1. The second-order valence-corrected chi connectivity index (χ2v) is 6.77. The van der Waals surface area contributed by atoms with Crippen LogP contribution in [0.4, 0.5) is 0 Å². The van der Waals surface area contributed by atoms with Crippen LogP contribution in [0.25, 0.3) is 0 Å². The molecule has 0 spiro atoms. The fraction of sp³-hybridized carbons (Fsp3) is 0.579. The first-order valence-corrected chi connectivity index (χ1v) is 8.72. The van der Waals surface area contributed by atoms with Gasteiger partial charge in [0.1, 0.15) is 12.6 Å². The SMILES string of the molecule is COCC(=O)N1CCCN(C(=O)[C@H](c2cccc(C)c2)N(C)C)CC1. The van der Waals surface area contributed by atoms with E-state index in [0.29, 0.717) is 26.2 Å². The average molecular weight is 347 g/mol. The number of carbonyl (C=O) groups excluding carboxylic acids is 2. The second-order valence-electron chi connectivity index (χ2n) is 6.77. The zero-order valence-electron chi connectivity index (χ0n) is 15.7. The van der Waals surface area contributed by atoms with Crippen molar-refractivity contribution in [3.8, 4) is 0 Å². The Hall–Kier alpha value is -1.92. The van der Waals surface area contributed by atoms with Gasteiger partial charge in [-0.1, -0.05) is 29.8 Å². The summed E-state index contributed by atoms with van der Waals surface area (Å²) in [5, 5.41) is 0. The van der Waals surface area contributed by atoms with Crippen LogP contribution in [0, 0.1) is 6.92 Å². The van der Waals surface area contributed by atoms with Crippen molar-refractivity contribution in [2.75, 3.05) is 54.0 Å². The van der Waals surface area contributed by atoms with Gasteiger partial charge in [-0.25, -0.2) is 0 Å². The number of carbonyl (C=O) groups is 2. The third-order valence-electron chi connectivity index (χ3n) is 4.54. The Labute approximate surface area is 150 Å². The summed E-state index contributed by atoms with van der Waals surface area (Å²) in [6.07, 6.45) is 0.787. The molecule has 0 aliphatic carbocycles. The number of nitrogens with zero attached hydrogens (tertiary/aromatic N) is 3. The number of aryl methyl sites for hydroxylation is 1. The van der Waals surface area contributed by atoms with Crippen LogP contribution in [-0.4, -0.2) is 80.5 Å². The molecule has 0 saturated carbocycles. The van der Waals surface area contributed by atoms with Crippen molar-refractivity contribution in [3.05, 3.63) is 35.4 Å². The Morgan fingerprint density at radius 2 is 1.84 bits per heavy atom. The maximum absolute atomic E-state index is 13.2. The van der Waals surface area contributed by atoms with E-state index in [2.05, 4.69) is 6.07 Å². The van der Waals surface area contributed by atoms with Gasteiger partial charge in [0.25, 0.3) is 0 Å². The molecule has 138 valence electrons. The van der Waals surface area contributed by atoms with Crippen LogP contribution in [0.3, 0.4) is 0 Å². The molecule has 2 rings (SSSR count). The number of rotatable bonds is 5.